The lowest BCUT2D eigenvalue weighted by Crippen LogP contribution is -2.35. The Bertz CT molecular complexity index is 930. The minimum atomic E-state index is -4.56. The lowest BCUT2D eigenvalue weighted by Gasteiger charge is -2.37. The zero-order chi connectivity index (χ0) is 23.9. The summed E-state index contributed by atoms with van der Waals surface area (Å²) >= 11 is 5.86. The van der Waals surface area contributed by atoms with Crippen molar-refractivity contribution in [3.05, 3.63) is 59.1 Å². The van der Waals surface area contributed by atoms with Crippen LogP contribution in [0, 0.1) is 17.8 Å². The topological polar surface area (TPSA) is 86.7 Å². The first-order valence-corrected chi connectivity index (χ1v) is 14.3. The van der Waals surface area contributed by atoms with E-state index in [0.29, 0.717) is 24.0 Å². The number of hydrogen-bond donors (Lipinski definition) is 1. The molecule has 0 radical (unpaired) electrons. The van der Waals surface area contributed by atoms with E-state index in [1.807, 2.05) is 38.1 Å². The van der Waals surface area contributed by atoms with Crippen LogP contribution in [0.3, 0.4) is 0 Å². The fourth-order valence-electron chi connectivity index (χ4n) is 3.97. The normalized spacial score (nSPS) is 22.2. The molecule has 0 aromatic heterocycles. The van der Waals surface area contributed by atoms with Gasteiger partial charge in [0.05, 0.1) is 6.10 Å². The maximum absolute atomic E-state index is 10.6. The van der Waals surface area contributed by atoms with Crippen molar-refractivity contribution in [3.8, 4) is 5.75 Å². The van der Waals surface area contributed by atoms with Gasteiger partial charge in [-0.2, -0.15) is 0 Å². The van der Waals surface area contributed by atoms with Crippen molar-refractivity contribution in [1.82, 2.24) is 0 Å². The van der Waals surface area contributed by atoms with Crippen LogP contribution in [0.1, 0.15) is 45.6 Å². The van der Waals surface area contributed by atoms with Crippen LogP contribution < -0.4 is 0 Å². The number of aromatic hydroxyl groups is 1. The van der Waals surface area contributed by atoms with E-state index in [1.165, 1.54) is 10.5 Å². The highest BCUT2D eigenvalue weighted by Crippen LogP contribution is 2.35. The number of benzene rings is 2. The molecule has 1 fully saturated rings. The van der Waals surface area contributed by atoms with E-state index in [0.717, 1.165) is 23.6 Å². The van der Waals surface area contributed by atoms with Crippen LogP contribution in [-0.4, -0.2) is 30.4 Å². The summed E-state index contributed by atoms with van der Waals surface area (Å²) < 4.78 is 36.4. The van der Waals surface area contributed by atoms with Crippen LogP contribution in [-0.2, 0) is 31.2 Å². The van der Waals surface area contributed by atoms with Crippen LogP contribution in [0.15, 0.2) is 53.4 Å². The molecule has 2 aromatic carbocycles. The monoisotopic (exact) mass is 500 g/mol. The summed E-state index contributed by atoms with van der Waals surface area (Å²) in [5.74, 6) is 2.29. The molecular formula is C24H33ClO5S2. The van der Waals surface area contributed by atoms with Crippen molar-refractivity contribution in [2.75, 3.05) is 6.26 Å². The summed E-state index contributed by atoms with van der Waals surface area (Å²) in [6.45, 7) is 6.13. The van der Waals surface area contributed by atoms with E-state index in [1.54, 1.807) is 12.1 Å². The Kier molecular flexibility index (Phi) is 10.4. The predicted molar refractivity (Wildman–Crippen MR) is 131 cm³/mol. The number of halogens is 1. The smallest absolute Gasteiger partial charge is 0.217 e. The van der Waals surface area contributed by atoms with Gasteiger partial charge >= 0.3 is 0 Å². The van der Waals surface area contributed by atoms with Crippen molar-refractivity contribution in [2.24, 2.45) is 17.8 Å². The van der Waals surface area contributed by atoms with Gasteiger partial charge in [-0.1, -0.05) is 50.9 Å². The Hall–Kier alpha value is -1.25. The van der Waals surface area contributed by atoms with Crippen LogP contribution >= 0.6 is 11.6 Å². The first-order chi connectivity index (χ1) is 14.9. The van der Waals surface area contributed by atoms with Crippen molar-refractivity contribution >= 4 is 32.9 Å². The third-order valence-corrected chi connectivity index (χ3v) is 8.32. The maximum atomic E-state index is 10.6. The quantitative estimate of drug-likeness (QED) is 0.309. The third-order valence-electron chi connectivity index (χ3n) is 5.74. The van der Waals surface area contributed by atoms with Crippen molar-refractivity contribution in [3.63, 3.8) is 0 Å². The molecule has 1 N–H and O–H groups in total. The molecule has 0 aliphatic heterocycles. The number of phenols is 1. The molecule has 5 nitrogen and oxygen atoms in total. The highest BCUT2D eigenvalue weighted by atomic mass is 35.5. The fraction of sp³-hybridized carbons (Fsp3) is 0.500. The molecular weight excluding hydrogens is 468 g/mol. The van der Waals surface area contributed by atoms with Crippen LogP contribution in [0.4, 0.5) is 0 Å². The standard InChI is InChI=1S/C14H13ClOS.C10H20O4S/c1-17(14-8-6-13(16)7-9-14)10-11-2-4-12(15)5-3-11;1-7(2)9-5-4-8(3)6-10(9)14-15(11,12)13/h2-9H,10H2,1H3;7-10H,4-6H2,1-3H3,(H,11,12,13). The number of rotatable bonds is 6. The van der Waals surface area contributed by atoms with Gasteiger partial charge in [-0.25, -0.2) is 8.42 Å². The summed E-state index contributed by atoms with van der Waals surface area (Å²) in [6.07, 6.45) is 4.49. The van der Waals surface area contributed by atoms with Gasteiger partial charge in [-0.3, -0.25) is 4.18 Å². The van der Waals surface area contributed by atoms with Gasteiger partial charge in [0.2, 0.25) is 10.4 Å². The Balaban J connectivity index is 0.000000229. The largest absolute Gasteiger partial charge is 0.726 e. The molecule has 4 atom stereocenters. The van der Waals surface area contributed by atoms with Gasteiger partial charge in [0.15, 0.2) is 4.90 Å². The zero-order valence-electron chi connectivity index (χ0n) is 19.0. The molecule has 0 saturated heterocycles. The Labute approximate surface area is 200 Å². The van der Waals surface area contributed by atoms with Crippen molar-refractivity contribution < 1.29 is 22.3 Å². The SMILES string of the molecule is CC1CCC(C(C)C)C(OS(=O)(=O)[O-])C1.C[S+](Cc1ccc(Cl)cc1)c1ccc(O)cc1. The summed E-state index contributed by atoms with van der Waals surface area (Å²) in [4.78, 5) is 1.26. The second kappa shape index (κ2) is 12.3. The summed E-state index contributed by atoms with van der Waals surface area (Å²) in [5.41, 5.74) is 1.29. The predicted octanol–water partition coefficient (Wildman–Crippen LogP) is 5.78. The van der Waals surface area contributed by atoms with Gasteiger partial charge < -0.3 is 9.66 Å². The van der Waals surface area contributed by atoms with Gasteiger partial charge in [0.1, 0.15) is 17.8 Å². The van der Waals surface area contributed by atoms with E-state index in [-0.39, 0.29) is 16.8 Å². The zero-order valence-corrected chi connectivity index (χ0v) is 21.4. The minimum Gasteiger partial charge on any atom is -0.726 e. The molecule has 178 valence electrons. The van der Waals surface area contributed by atoms with Crippen molar-refractivity contribution in [2.45, 2.75) is 56.8 Å². The van der Waals surface area contributed by atoms with E-state index < -0.39 is 16.5 Å². The minimum absolute atomic E-state index is 0.147. The molecule has 1 saturated carbocycles. The number of phenolic OH excluding ortho intramolecular Hbond substituents is 1. The van der Waals surface area contributed by atoms with Gasteiger partial charge in [-0.05, 0) is 67.0 Å². The average Bonchev–Trinajstić information content (AvgIpc) is 2.69. The Morgan fingerprint density at radius 2 is 1.72 bits per heavy atom. The first-order valence-electron chi connectivity index (χ1n) is 10.7. The lowest BCUT2D eigenvalue weighted by molar-refractivity contribution is 0.0411. The second-order valence-electron chi connectivity index (χ2n) is 8.77. The molecule has 1 aliphatic carbocycles. The molecule has 4 unspecified atom stereocenters. The Morgan fingerprint density at radius 1 is 1.12 bits per heavy atom. The Morgan fingerprint density at radius 3 is 2.25 bits per heavy atom. The van der Waals surface area contributed by atoms with Crippen molar-refractivity contribution in [1.29, 1.82) is 0 Å². The van der Waals surface area contributed by atoms with E-state index in [2.05, 4.69) is 29.5 Å². The third kappa shape index (κ3) is 9.32. The van der Waals surface area contributed by atoms with Gasteiger partial charge in [0.25, 0.3) is 0 Å². The lowest BCUT2D eigenvalue weighted by atomic mass is 9.75. The highest BCUT2D eigenvalue weighted by Gasteiger charge is 2.32. The van der Waals surface area contributed by atoms with E-state index in [9.17, 15) is 18.1 Å². The molecule has 0 amide bonds. The van der Waals surface area contributed by atoms with Crippen LogP contribution in [0.5, 0.6) is 5.75 Å². The maximum Gasteiger partial charge on any atom is 0.217 e. The number of hydrogen-bond acceptors (Lipinski definition) is 5. The van der Waals surface area contributed by atoms with E-state index >= 15 is 0 Å². The van der Waals surface area contributed by atoms with Gasteiger partial charge in [-0.15, -0.1) is 0 Å². The van der Waals surface area contributed by atoms with Crippen LogP contribution in [0.2, 0.25) is 5.02 Å². The molecule has 0 spiro atoms. The molecule has 3 rings (SSSR count). The fourth-order valence-corrected chi connectivity index (χ4v) is 6.08. The molecule has 1 aliphatic rings. The molecule has 0 bridgehead atoms. The van der Waals surface area contributed by atoms with E-state index in [4.69, 9.17) is 11.6 Å². The van der Waals surface area contributed by atoms with Gasteiger partial charge in [0, 0.05) is 21.5 Å². The summed E-state index contributed by atoms with van der Waals surface area (Å²) in [6, 6.07) is 15.4. The molecule has 8 heteroatoms. The molecule has 32 heavy (non-hydrogen) atoms. The summed E-state index contributed by atoms with van der Waals surface area (Å²) in [7, 11) is -4.42. The molecule has 2 aromatic rings. The first kappa shape index (κ1) is 27.0. The second-order valence-corrected chi connectivity index (χ2v) is 12.3. The average molecular weight is 501 g/mol. The highest BCUT2D eigenvalue weighted by molar-refractivity contribution is 7.95. The molecule has 0 heterocycles. The van der Waals surface area contributed by atoms with Crippen LogP contribution in [0.25, 0.3) is 0 Å². The summed E-state index contributed by atoms with van der Waals surface area (Å²) in [5, 5.41) is 10.0.